The maximum Gasteiger partial charge on any atom is 0.244 e. The lowest BCUT2D eigenvalue weighted by Gasteiger charge is -2.21. The van der Waals surface area contributed by atoms with E-state index in [9.17, 15) is 4.79 Å². The molecule has 0 spiro atoms. The van der Waals surface area contributed by atoms with Gasteiger partial charge in [0.15, 0.2) is 0 Å². The first-order chi connectivity index (χ1) is 11.2. The molecular formula is C19H20N2O2. The molecule has 4 heteroatoms. The van der Waals surface area contributed by atoms with Gasteiger partial charge in [0, 0.05) is 29.5 Å². The molecule has 0 unspecified atom stereocenters. The van der Waals surface area contributed by atoms with E-state index < -0.39 is 0 Å². The number of anilines is 1. The zero-order valence-corrected chi connectivity index (χ0v) is 13.2. The Morgan fingerprint density at radius 1 is 1.09 bits per heavy atom. The number of amides is 1. The number of para-hydroxylation sites is 1. The lowest BCUT2D eigenvalue weighted by Crippen LogP contribution is -2.39. The van der Waals surface area contributed by atoms with Crippen LogP contribution in [0.5, 0.6) is 0 Å². The summed E-state index contributed by atoms with van der Waals surface area (Å²) < 4.78 is 5.84. The van der Waals surface area contributed by atoms with E-state index in [0.29, 0.717) is 0 Å². The van der Waals surface area contributed by atoms with Gasteiger partial charge in [0.05, 0.1) is 0 Å². The molecule has 1 amide bonds. The summed E-state index contributed by atoms with van der Waals surface area (Å²) in [6, 6.07) is 13.8. The molecule has 2 aromatic carbocycles. The van der Waals surface area contributed by atoms with Gasteiger partial charge in [0.2, 0.25) is 5.91 Å². The highest BCUT2D eigenvalue weighted by Gasteiger charge is 2.23. The summed E-state index contributed by atoms with van der Waals surface area (Å²) in [5.74, 6) is 0.180. The number of carbonyl (C=O) groups excluding carboxylic acids is 1. The molecule has 2 heterocycles. The van der Waals surface area contributed by atoms with Crippen molar-refractivity contribution >= 4 is 33.5 Å². The summed E-state index contributed by atoms with van der Waals surface area (Å²) >= 11 is 0. The number of rotatable bonds is 3. The number of likely N-dealkylation sites (tertiary alicyclic amines) is 1. The standard InChI is InChI=1S/C19H20N2O2/c1-13(19(22)21-10-4-5-11-21)20-14-8-9-18-16(12-14)15-6-2-3-7-17(15)23-18/h2-3,6-9,12-13,20H,4-5,10-11H2,1H3/t13-/m1/s1. The molecule has 118 valence electrons. The minimum Gasteiger partial charge on any atom is -0.456 e. The topological polar surface area (TPSA) is 45.5 Å². The van der Waals surface area contributed by atoms with Crippen molar-refractivity contribution in [3.8, 4) is 0 Å². The predicted octanol–water partition coefficient (Wildman–Crippen LogP) is 4.01. The molecule has 4 rings (SSSR count). The van der Waals surface area contributed by atoms with Gasteiger partial charge in [-0.1, -0.05) is 18.2 Å². The van der Waals surface area contributed by atoms with Crippen molar-refractivity contribution in [1.82, 2.24) is 4.90 Å². The van der Waals surface area contributed by atoms with Crippen molar-refractivity contribution in [3.63, 3.8) is 0 Å². The smallest absolute Gasteiger partial charge is 0.244 e. The number of nitrogens with zero attached hydrogens (tertiary/aromatic N) is 1. The van der Waals surface area contributed by atoms with E-state index >= 15 is 0 Å². The molecule has 1 fully saturated rings. The van der Waals surface area contributed by atoms with Gasteiger partial charge in [0.25, 0.3) is 0 Å². The highest BCUT2D eigenvalue weighted by Crippen LogP contribution is 2.30. The third kappa shape index (κ3) is 2.54. The van der Waals surface area contributed by atoms with Crippen LogP contribution in [-0.4, -0.2) is 29.9 Å². The van der Waals surface area contributed by atoms with Gasteiger partial charge >= 0.3 is 0 Å². The number of furan rings is 1. The van der Waals surface area contributed by atoms with E-state index in [2.05, 4.69) is 17.4 Å². The maximum atomic E-state index is 12.4. The molecular weight excluding hydrogens is 288 g/mol. The van der Waals surface area contributed by atoms with Gasteiger partial charge in [-0.3, -0.25) is 4.79 Å². The van der Waals surface area contributed by atoms with Crippen molar-refractivity contribution < 1.29 is 9.21 Å². The Morgan fingerprint density at radius 3 is 2.65 bits per heavy atom. The van der Waals surface area contributed by atoms with E-state index in [1.54, 1.807) is 0 Å². The summed E-state index contributed by atoms with van der Waals surface area (Å²) in [4.78, 5) is 14.4. The van der Waals surface area contributed by atoms with Crippen LogP contribution in [0.2, 0.25) is 0 Å². The highest BCUT2D eigenvalue weighted by atomic mass is 16.3. The monoisotopic (exact) mass is 308 g/mol. The zero-order valence-electron chi connectivity index (χ0n) is 13.2. The second-order valence-electron chi connectivity index (χ2n) is 6.21. The second kappa shape index (κ2) is 5.61. The molecule has 1 aliphatic rings. The van der Waals surface area contributed by atoms with Crippen LogP contribution >= 0.6 is 0 Å². The van der Waals surface area contributed by atoms with E-state index in [4.69, 9.17) is 4.42 Å². The van der Waals surface area contributed by atoms with Crippen LogP contribution in [0.3, 0.4) is 0 Å². The normalized spacial score (nSPS) is 16.1. The minimum atomic E-state index is -0.219. The van der Waals surface area contributed by atoms with Crippen LogP contribution in [0.4, 0.5) is 5.69 Å². The predicted molar refractivity (Wildman–Crippen MR) is 92.6 cm³/mol. The van der Waals surface area contributed by atoms with Crippen molar-refractivity contribution in [2.24, 2.45) is 0 Å². The fraction of sp³-hybridized carbons (Fsp3) is 0.316. The minimum absolute atomic E-state index is 0.180. The molecule has 1 aromatic heterocycles. The van der Waals surface area contributed by atoms with Crippen molar-refractivity contribution in [2.75, 3.05) is 18.4 Å². The van der Waals surface area contributed by atoms with Crippen LogP contribution in [0.15, 0.2) is 46.9 Å². The molecule has 4 nitrogen and oxygen atoms in total. The Kier molecular flexibility index (Phi) is 3.45. The zero-order chi connectivity index (χ0) is 15.8. The lowest BCUT2D eigenvalue weighted by atomic mass is 10.1. The first kappa shape index (κ1) is 14.1. The van der Waals surface area contributed by atoms with Gasteiger partial charge in [-0.25, -0.2) is 0 Å². The molecule has 0 radical (unpaired) electrons. The number of hydrogen-bond acceptors (Lipinski definition) is 3. The van der Waals surface area contributed by atoms with Crippen molar-refractivity contribution in [2.45, 2.75) is 25.8 Å². The maximum absolute atomic E-state index is 12.4. The summed E-state index contributed by atoms with van der Waals surface area (Å²) in [5, 5.41) is 5.51. The van der Waals surface area contributed by atoms with Gasteiger partial charge in [-0.2, -0.15) is 0 Å². The Hall–Kier alpha value is -2.49. The van der Waals surface area contributed by atoms with Crippen LogP contribution in [-0.2, 0) is 4.79 Å². The van der Waals surface area contributed by atoms with Crippen LogP contribution in [0.25, 0.3) is 21.9 Å². The molecule has 1 aliphatic heterocycles. The van der Waals surface area contributed by atoms with E-state index in [1.165, 1.54) is 0 Å². The van der Waals surface area contributed by atoms with Gasteiger partial charge in [0.1, 0.15) is 17.2 Å². The van der Waals surface area contributed by atoms with E-state index in [0.717, 1.165) is 53.6 Å². The average Bonchev–Trinajstić information content (AvgIpc) is 3.21. The first-order valence-corrected chi connectivity index (χ1v) is 8.19. The number of nitrogens with one attached hydrogen (secondary N) is 1. The summed E-state index contributed by atoms with van der Waals surface area (Å²) in [5.41, 5.74) is 2.71. The fourth-order valence-corrected chi connectivity index (χ4v) is 3.34. The molecule has 23 heavy (non-hydrogen) atoms. The first-order valence-electron chi connectivity index (χ1n) is 8.19. The Morgan fingerprint density at radius 2 is 1.83 bits per heavy atom. The van der Waals surface area contributed by atoms with Gasteiger partial charge in [-0.15, -0.1) is 0 Å². The Balaban J connectivity index is 1.61. The van der Waals surface area contributed by atoms with Crippen molar-refractivity contribution in [1.29, 1.82) is 0 Å². The largest absolute Gasteiger partial charge is 0.456 e. The summed E-state index contributed by atoms with van der Waals surface area (Å²) in [7, 11) is 0. The Bertz CT molecular complexity index is 862. The summed E-state index contributed by atoms with van der Waals surface area (Å²) in [6.45, 7) is 3.70. The second-order valence-corrected chi connectivity index (χ2v) is 6.21. The number of hydrogen-bond donors (Lipinski definition) is 1. The fourth-order valence-electron chi connectivity index (χ4n) is 3.34. The van der Waals surface area contributed by atoms with Gasteiger partial charge < -0.3 is 14.6 Å². The van der Waals surface area contributed by atoms with Crippen LogP contribution < -0.4 is 5.32 Å². The number of benzene rings is 2. The Labute approximate surface area is 135 Å². The third-order valence-electron chi connectivity index (χ3n) is 4.55. The number of fused-ring (bicyclic) bond motifs is 3. The van der Waals surface area contributed by atoms with Crippen LogP contribution in [0.1, 0.15) is 19.8 Å². The third-order valence-corrected chi connectivity index (χ3v) is 4.55. The highest BCUT2D eigenvalue weighted by molar-refractivity contribution is 6.06. The molecule has 0 saturated carbocycles. The quantitative estimate of drug-likeness (QED) is 0.795. The van der Waals surface area contributed by atoms with Crippen LogP contribution in [0, 0.1) is 0 Å². The summed E-state index contributed by atoms with van der Waals surface area (Å²) in [6.07, 6.45) is 2.23. The molecule has 0 aliphatic carbocycles. The lowest BCUT2D eigenvalue weighted by molar-refractivity contribution is -0.130. The SMILES string of the molecule is C[C@@H](Nc1ccc2oc3ccccc3c2c1)C(=O)N1CCCC1. The molecule has 0 bridgehead atoms. The number of carbonyl (C=O) groups is 1. The molecule has 1 saturated heterocycles. The van der Waals surface area contributed by atoms with E-state index in [-0.39, 0.29) is 11.9 Å². The molecule has 3 aromatic rings. The molecule has 1 atom stereocenters. The van der Waals surface area contributed by atoms with Gasteiger partial charge in [-0.05, 0) is 44.0 Å². The van der Waals surface area contributed by atoms with E-state index in [1.807, 2.05) is 42.2 Å². The average molecular weight is 308 g/mol. The van der Waals surface area contributed by atoms with Crippen molar-refractivity contribution in [3.05, 3.63) is 42.5 Å². The molecule has 1 N–H and O–H groups in total.